The van der Waals surface area contributed by atoms with Crippen molar-refractivity contribution < 1.29 is 9.90 Å². The zero-order chi connectivity index (χ0) is 19.1. The number of fused-ring (bicyclic) bond motifs is 3. The van der Waals surface area contributed by atoms with Crippen molar-refractivity contribution in [2.45, 2.75) is 55.5 Å². The van der Waals surface area contributed by atoms with E-state index >= 15 is 0 Å². The fourth-order valence-electron chi connectivity index (χ4n) is 5.43. The van der Waals surface area contributed by atoms with Crippen LogP contribution in [0.2, 0.25) is 0 Å². The first-order chi connectivity index (χ1) is 13.0. The summed E-state index contributed by atoms with van der Waals surface area (Å²) < 4.78 is 0. The van der Waals surface area contributed by atoms with Crippen LogP contribution in [0.25, 0.3) is 0 Å². The third-order valence-corrected chi connectivity index (χ3v) is 7.83. The van der Waals surface area contributed by atoms with Crippen LogP contribution in [-0.2, 0) is 4.79 Å². The first-order valence-electron chi connectivity index (χ1n) is 10.1. The van der Waals surface area contributed by atoms with Crippen molar-refractivity contribution in [1.82, 2.24) is 10.2 Å². The molecule has 3 aliphatic rings. The summed E-state index contributed by atoms with van der Waals surface area (Å²) in [7, 11) is 4.24. The molecule has 1 amide bonds. The normalized spacial score (nSPS) is 36.3. The average Bonchev–Trinajstić information content (AvgIpc) is 3.14. The van der Waals surface area contributed by atoms with Gasteiger partial charge in [0.05, 0.1) is 11.4 Å². The molecule has 6 unspecified atom stereocenters. The van der Waals surface area contributed by atoms with Crippen LogP contribution < -0.4 is 5.32 Å². The fraction of sp³-hybridized carbons (Fsp3) is 0.591. The molecule has 146 valence electrons. The quantitative estimate of drug-likeness (QED) is 0.834. The van der Waals surface area contributed by atoms with Crippen molar-refractivity contribution in [1.29, 1.82) is 0 Å². The van der Waals surface area contributed by atoms with Crippen molar-refractivity contribution in [3.8, 4) is 0 Å². The van der Waals surface area contributed by atoms with Gasteiger partial charge in [0.1, 0.15) is 0 Å². The van der Waals surface area contributed by atoms with Crippen LogP contribution >= 0.6 is 11.8 Å². The van der Waals surface area contributed by atoms with Gasteiger partial charge in [0.15, 0.2) is 0 Å². The summed E-state index contributed by atoms with van der Waals surface area (Å²) in [6.45, 7) is 2.21. The van der Waals surface area contributed by atoms with Gasteiger partial charge in [-0.2, -0.15) is 0 Å². The smallest absolute Gasteiger partial charge is 0.234 e. The van der Waals surface area contributed by atoms with E-state index in [2.05, 4.69) is 67.0 Å². The lowest BCUT2D eigenvalue weighted by molar-refractivity contribution is -0.126. The number of carbonyl (C=O) groups is 1. The van der Waals surface area contributed by atoms with E-state index < -0.39 is 0 Å². The number of amides is 1. The molecule has 1 aromatic rings. The SMILES string of the molecule is CC[C@@H](c1ccc(C2C(O)CCC3NC(=O)C4SC=CC4C32)cc1)N(C)C. The number of hydrogen-bond acceptors (Lipinski definition) is 4. The molecule has 7 atom stereocenters. The molecule has 0 radical (unpaired) electrons. The van der Waals surface area contributed by atoms with Gasteiger partial charge in [0.2, 0.25) is 5.91 Å². The molecule has 5 heteroatoms. The Morgan fingerprint density at radius 1 is 1.26 bits per heavy atom. The Morgan fingerprint density at radius 3 is 2.67 bits per heavy atom. The molecule has 2 heterocycles. The third-order valence-electron chi connectivity index (χ3n) is 6.69. The number of aliphatic hydroxyl groups is 1. The average molecular weight is 387 g/mol. The van der Waals surface area contributed by atoms with E-state index in [0.717, 1.165) is 19.3 Å². The second-order valence-electron chi connectivity index (χ2n) is 8.38. The lowest BCUT2D eigenvalue weighted by atomic mass is 9.63. The predicted octanol–water partition coefficient (Wildman–Crippen LogP) is 3.30. The number of nitrogens with one attached hydrogen (secondary N) is 1. The highest BCUT2D eigenvalue weighted by molar-refractivity contribution is 8.03. The van der Waals surface area contributed by atoms with E-state index in [0.29, 0.717) is 6.04 Å². The Labute approximate surface area is 166 Å². The Hall–Kier alpha value is -1.30. The van der Waals surface area contributed by atoms with Crippen LogP contribution in [-0.4, -0.2) is 47.4 Å². The molecule has 1 saturated carbocycles. The highest BCUT2D eigenvalue weighted by Crippen LogP contribution is 2.50. The maximum absolute atomic E-state index is 12.4. The van der Waals surface area contributed by atoms with Gasteiger partial charge in [-0.15, -0.1) is 11.8 Å². The summed E-state index contributed by atoms with van der Waals surface area (Å²) >= 11 is 1.62. The van der Waals surface area contributed by atoms with Crippen molar-refractivity contribution in [2.24, 2.45) is 11.8 Å². The summed E-state index contributed by atoms with van der Waals surface area (Å²) in [5.41, 5.74) is 2.52. The van der Waals surface area contributed by atoms with E-state index in [1.807, 2.05) is 0 Å². The van der Waals surface area contributed by atoms with E-state index in [-0.39, 0.29) is 41.1 Å². The van der Waals surface area contributed by atoms with Crippen molar-refractivity contribution in [2.75, 3.05) is 14.1 Å². The van der Waals surface area contributed by atoms with Crippen LogP contribution in [0.15, 0.2) is 35.7 Å². The van der Waals surface area contributed by atoms with Gasteiger partial charge in [0.25, 0.3) is 0 Å². The highest BCUT2D eigenvalue weighted by Gasteiger charge is 2.51. The molecule has 2 aliphatic heterocycles. The van der Waals surface area contributed by atoms with Crippen LogP contribution in [0.3, 0.4) is 0 Å². The number of nitrogens with zero attached hydrogens (tertiary/aromatic N) is 1. The zero-order valence-electron chi connectivity index (χ0n) is 16.3. The third kappa shape index (κ3) is 3.34. The second-order valence-corrected chi connectivity index (χ2v) is 9.43. The van der Waals surface area contributed by atoms with E-state index in [1.54, 1.807) is 11.8 Å². The molecule has 1 aromatic carbocycles. The van der Waals surface area contributed by atoms with Crippen molar-refractivity contribution in [3.05, 3.63) is 46.9 Å². The van der Waals surface area contributed by atoms with Gasteiger partial charge in [-0.05, 0) is 55.8 Å². The topological polar surface area (TPSA) is 52.6 Å². The minimum atomic E-state index is -0.345. The monoisotopic (exact) mass is 386 g/mol. The van der Waals surface area contributed by atoms with E-state index in [9.17, 15) is 9.90 Å². The number of hydrogen-bond donors (Lipinski definition) is 2. The molecule has 0 bridgehead atoms. The number of benzene rings is 1. The van der Waals surface area contributed by atoms with Gasteiger partial charge >= 0.3 is 0 Å². The minimum absolute atomic E-state index is 0.0310. The lowest BCUT2D eigenvalue weighted by Gasteiger charge is -2.48. The molecule has 1 aliphatic carbocycles. The summed E-state index contributed by atoms with van der Waals surface area (Å²) in [5, 5.41) is 16.2. The summed E-state index contributed by atoms with van der Waals surface area (Å²) in [5.74, 6) is 0.732. The Morgan fingerprint density at radius 2 is 2.00 bits per heavy atom. The van der Waals surface area contributed by atoms with Gasteiger partial charge in [0, 0.05) is 23.9 Å². The summed E-state index contributed by atoms with van der Waals surface area (Å²) in [6, 6.07) is 9.43. The maximum Gasteiger partial charge on any atom is 0.234 e. The Kier molecular flexibility index (Phi) is 5.36. The van der Waals surface area contributed by atoms with Crippen molar-refractivity contribution >= 4 is 17.7 Å². The molecular formula is C22H30N2O2S. The molecule has 2 N–H and O–H groups in total. The number of rotatable bonds is 4. The van der Waals surface area contributed by atoms with Crippen LogP contribution in [0.1, 0.15) is 49.3 Å². The minimum Gasteiger partial charge on any atom is -0.392 e. The number of aliphatic hydroxyl groups excluding tert-OH is 1. The Balaban J connectivity index is 1.65. The molecule has 0 aromatic heterocycles. The zero-order valence-corrected chi connectivity index (χ0v) is 17.2. The predicted molar refractivity (Wildman–Crippen MR) is 111 cm³/mol. The van der Waals surface area contributed by atoms with Crippen molar-refractivity contribution in [3.63, 3.8) is 0 Å². The fourth-order valence-corrected chi connectivity index (χ4v) is 6.52. The molecule has 2 fully saturated rings. The van der Waals surface area contributed by atoms with Crippen LogP contribution in [0.5, 0.6) is 0 Å². The number of thioether (sulfide) groups is 1. The molecule has 4 rings (SSSR count). The van der Waals surface area contributed by atoms with Crippen LogP contribution in [0.4, 0.5) is 0 Å². The first-order valence-corrected chi connectivity index (χ1v) is 11.0. The Bertz CT molecular complexity index is 718. The highest BCUT2D eigenvalue weighted by atomic mass is 32.2. The summed E-state index contributed by atoms with van der Waals surface area (Å²) in [6.07, 6.45) is 4.54. The van der Waals surface area contributed by atoms with Gasteiger partial charge in [-0.1, -0.05) is 37.3 Å². The van der Waals surface area contributed by atoms with E-state index in [1.165, 1.54) is 11.1 Å². The van der Waals surface area contributed by atoms with Gasteiger partial charge in [-0.3, -0.25) is 4.79 Å². The number of carbonyl (C=O) groups excluding carboxylic acids is 1. The molecule has 27 heavy (non-hydrogen) atoms. The number of allylic oxidation sites excluding steroid dienone is 1. The lowest BCUT2D eigenvalue weighted by Crippen LogP contribution is -2.59. The summed E-state index contributed by atoms with van der Waals surface area (Å²) in [4.78, 5) is 14.7. The van der Waals surface area contributed by atoms with Crippen LogP contribution in [0, 0.1) is 11.8 Å². The number of piperidine rings is 1. The standard InChI is InChI=1S/C22H30N2O2S/c1-4-17(24(2)3)13-5-7-14(8-6-13)19-18(25)10-9-16-20(19)15-11-12-27-21(15)22(26)23-16/h5-8,11-12,15-21,25H,4,9-10H2,1-3H3,(H,23,26)/t15?,16?,17-,18?,19?,20?,21?/m0/s1. The van der Waals surface area contributed by atoms with E-state index in [4.69, 9.17) is 0 Å². The first kappa shape index (κ1) is 19.0. The molecule has 1 saturated heterocycles. The largest absolute Gasteiger partial charge is 0.392 e. The van der Waals surface area contributed by atoms with Gasteiger partial charge in [-0.25, -0.2) is 0 Å². The molecule has 0 spiro atoms. The molecular weight excluding hydrogens is 356 g/mol. The molecule has 4 nitrogen and oxygen atoms in total. The second kappa shape index (κ2) is 7.61. The maximum atomic E-state index is 12.4. The van der Waals surface area contributed by atoms with Gasteiger partial charge < -0.3 is 15.3 Å².